The largest absolute Gasteiger partial charge is 0.486 e. The van der Waals surface area contributed by atoms with Crippen molar-refractivity contribution in [3.05, 3.63) is 24.0 Å². The van der Waals surface area contributed by atoms with Crippen LogP contribution in [0.2, 0.25) is 0 Å². The number of aliphatic hydroxyl groups is 1. The standard InChI is InChI=1S/C22H30F3NO5/c1-22(2,28)12-29-16-6-4-15(5-7-16)26-20(27)13-9-17(10-13)30-19-11-14(23)3-8-18(19)31-21(24)25/h3,8,11,13,15-17,21,28H,4-7,9-10,12H2,1-2H3,(H,26,27). The van der Waals surface area contributed by atoms with E-state index < -0.39 is 18.0 Å². The first-order valence-corrected chi connectivity index (χ1v) is 10.6. The Morgan fingerprint density at radius 2 is 1.84 bits per heavy atom. The maximum absolute atomic E-state index is 13.4. The molecule has 2 aliphatic carbocycles. The first-order valence-electron chi connectivity index (χ1n) is 10.6. The highest BCUT2D eigenvalue weighted by atomic mass is 19.3. The van der Waals surface area contributed by atoms with E-state index in [1.807, 2.05) is 0 Å². The molecule has 0 unspecified atom stereocenters. The van der Waals surface area contributed by atoms with Crippen LogP contribution in [0.3, 0.4) is 0 Å². The molecule has 0 spiro atoms. The van der Waals surface area contributed by atoms with E-state index in [0.29, 0.717) is 12.8 Å². The fourth-order valence-electron chi connectivity index (χ4n) is 3.84. The number of amides is 1. The number of hydrogen-bond donors (Lipinski definition) is 2. The number of carbonyl (C=O) groups is 1. The number of halogens is 3. The van der Waals surface area contributed by atoms with Gasteiger partial charge in [-0.25, -0.2) is 4.39 Å². The Morgan fingerprint density at radius 3 is 2.45 bits per heavy atom. The molecular weight excluding hydrogens is 415 g/mol. The van der Waals surface area contributed by atoms with Gasteiger partial charge in [0.25, 0.3) is 0 Å². The molecule has 0 atom stereocenters. The summed E-state index contributed by atoms with van der Waals surface area (Å²) in [6.45, 7) is 0.654. The van der Waals surface area contributed by atoms with Gasteiger partial charge in [-0.3, -0.25) is 4.79 Å². The average Bonchev–Trinajstić information content (AvgIpc) is 2.64. The van der Waals surface area contributed by atoms with E-state index in [2.05, 4.69) is 10.1 Å². The lowest BCUT2D eigenvalue weighted by Gasteiger charge is -2.36. The molecule has 31 heavy (non-hydrogen) atoms. The summed E-state index contributed by atoms with van der Waals surface area (Å²) in [5, 5.41) is 12.8. The molecule has 1 aromatic rings. The summed E-state index contributed by atoms with van der Waals surface area (Å²) >= 11 is 0. The van der Waals surface area contributed by atoms with Crippen LogP contribution in [0.4, 0.5) is 13.2 Å². The van der Waals surface area contributed by atoms with Gasteiger partial charge in [-0.15, -0.1) is 0 Å². The van der Waals surface area contributed by atoms with Crippen molar-refractivity contribution in [1.29, 1.82) is 0 Å². The Balaban J connectivity index is 1.39. The number of nitrogens with one attached hydrogen (secondary N) is 1. The molecule has 2 fully saturated rings. The molecule has 0 aliphatic heterocycles. The Bertz CT molecular complexity index is 741. The lowest BCUT2D eigenvalue weighted by Crippen LogP contribution is -2.48. The van der Waals surface area contributed by atoms with Gasteiger partial charge in [0.15, 0.2) is 11.5 Å². The predicted octanol–water partition coefficient (Wildman–Crippen LogP) is 3.80. The molecule has 2 aliphatic rings. The van der Waals surface area contributed by atoms with E-state index in [0.717, 1.165) is 43.9 Å². The highest BCUT2D eigenvalue weighted by Gasteiger charge is 2.38. The van der Waals surface area contributed by atoms with Crippen LogP contribution in [-0.2, 0) is 9.53 Å². The predicted molar refractivity (Wildman–Crippen MR) is 107 cm³/mol. The number of hydrogen-bond acceptors (Lipinski definition) is 5. The SMILES string of the molecule is CC(C)(O)COC1CCC(NC(=O)C2CC(Oc3cc(F)ccc3OC(F)F)C2)CC1. The van der Waals surface area contributed by atoms with Crippen LogP contribution in [0, 0.1) is 11.7 Å². The van der Waals surface area contributed by atoms with Crippen molar-refractivity contribution in [1.82, 2.24) is 5.32 Å². The fraction of sp³-hybridized carbons (Fsp3) is 0.682. The number of alkyl halides is 2. The van der Waals surface area contributed by atoms with Crippen LogP contribution < -0.4 is 14.8 Å². The summed E-state index contributed by atoms with van der Waals surface area (Å²) in [7, 11) is 0. The Hall–Kier alpha value is -2.00. The van der Waals surface area contributed by atoms with Crippen LogP contribution in [-0.4, -0.2) is 48.1 Å². The quantitative estimate of drug-likeness (QED) is 0.605. The van der Waals surface area contributed by atoms with Crippen molar-refractivity contribution in [2.45, 2.75) is 82.8 Å². The van der Waals surface area contributed by atoms with Gasteiger partial charge in [0.05, 0.1) is 18.3 Å². The van der Waals surface area contributed by atoms with Gasteiger partial charge < -0.3 is 24.6 Å². The van der Waals surface area contributed by atoms with E-state index in [1.165, 1.54) is 0 Å². The minimum absolute atomic E-state index is 0.0518. The van der Waals surface area contributed by atoms with Crippen LogP contribution in [0.15, 0.2) is 18.2 Å². The van der Waals surface area contributed by atoms with E-state index in [4.69, 9.17) is 9.47 Å². The van der Waals surface area contributed by atoms with Crippen molar-refractivity contribution in [2.75, 3.05) is 6.61 Å². The second-order valence-corrected chi connectivity index (χ2v) is 8.98. The third-order valence-electron chi connectivity index (χ3n) is 5.57. The Morgan fingerprint density at radius 1 is 1.16 bits per heavy atom. The number of carbonyl (C=O) groups excluding carboxylic acids is 1. The minimum Gasteiger partial charge on any atom is -0.486 e. The topological polar surface area (TPSA) is 77.0 Å². The fourth-order valence-corrected chi connectivity index (χ4v) is 3.84. The average molecular weight is 445 g/mol. The molecule has 1 aromatic carbocycles. The van der Waals surface area contributed by atoms with E-state index in [9.17, 15) is 23.1 Å². The Labute approximate surface area is 180 Å². The zero-order valence-corrected chi connectivity index (χ0v) is 17.8. The maximum Gasteiger partial charge on any atom is 0.387 e. The van der Waals surface area contributed by atoms with Crippen LogP contribution in [0.1, 0.15) is 52.4 Å². The van der Waals surface area contributed by atoms with Gasteiger partial charge >= 0.3 is 6.61 Å². The summed E-state index contributed by atoms with van der Waals surface area (Å²) in [4.78, 5) is 12.5. The molecule has 174 valence electrons. The second kappa shape index (κ2) is 10.1. The number of ether oxygens (including phenoxy) is 3. The lowest BCUT2D eigenvalue weighted by molar-refractivity contribution is -0.132. The third kappa shape index (κ3) is 7.28. The molecule has 2 N–H and O–H groups in total. The van der Waals surface area contributed by atoms with Gasteiger partial charge in [-0.2, -0.15) is 8.78 Å². The van der Waals surface area contributed by atoms with Crippen LogP contribution in [0.5, 0.6) is 11.5 Å². The van der Waals surface area contributed by atoms with Gasteiger partial charge in [0, 0.05) is 18.0 Å². The smallest absolute Gasteiger partial charge is 0.387 e. The van der Waals surface area contributed by atoms with Gasteiger partial charge in [-0.05, 0) is 64.5 Å². The van der Waals surface area contributed by atoms with Crippen molar-refractivity contribution >= 4 is 5.91 Å². The number of rotatable bonds is 9. The van der Waals surface area contributed by atoms with Crippen LogP contribution >= 0.6 is 0 Å². The lowest BCUT2D eigenvalue weighted by atomic mass is 9.81. The van der Waals surface area contributed by atoms with Gasteiger partial charge in [0.1, 0.15) is 11.9 Å². The monoisotopic (exact) mass is 445 g/mol. The second-order valence-electron chi connectivity index (χ2n) is 8.98. The van der Waals surface area contributed by atoms with E-state index >= 15 is 0 Å². The van der Waals surface area contributed by atoms with Gasteiger partial charge in [0.2, 0.25) is 5.91 Å². The molecule has 0 bridgehead atoms. The molecule has 6 nitrogen and oxygen atoms in total. The summed E-state index contributed by atoms with van der Waals surface area (Å²) in [5.74, 6) is -1.21. The normalized spacial score (nSPS) is 26.3. The van der Waals surface area contributed by atoms with Gasteiger partial charge in [-0.1, -0.05) is 0 Å². The maximum atomic E-state index is 13.4. The van der Waals surface area contributed by atoms with E-state index in [-0.39, 0.29) is 48.2 Å². The van der Waals surface area contributed by atoms with E-state index in [1.54, 1.807) is 13.8 Å². The molecule has 0 aromatic heterocycles. The molecule has 1 amide bonds. The van der Waals surface area contributed by atoms with Crippen molar-refractivity contribution in [3.63, 3.8) is 0 Å². The Kier molecular flexibility index (Phi) is 7.69. The molecule has 2 saturated carbocycles. The zero-order chi connectivity index (χ0) is 22.6. The molecule has 0 saturated heterocycles. The first-order chi connectivity index (χ1) is 14.6. The molecule has 9 heteroatoms. The molecule has 3 rings (SSSR count). The summed E-state index contributed by atoms with van der Waals surface area (Å²) in [6.07, 6.45) is 3.87. The molecule has 0 heterocycles. The van der Waals surface area contributed by atoms with Crippen molar-refractivity contribution < 1.29 is 37.3 Å². The first kappa shape index (κ1) is 23.7. The minimum atomic E-state index is -3.04. The van der Waals surface area contributed by atoms with Crippen molar-refractivity contribution in [3.8, 4) is 11.5 Å². The highest BCUT2D eigenvalue weighted by molar-refractivity contribution is 5.80. The number of benzene rings is 1. The zero-order valence-electron chi connectivity index (χ0n) is 17.8. The van der Waals surface area contributed by atoms with Crippen molar-refractivity contribution in [2.24, 2.45) is 5.92 Å². The summed E-state index contributed by atoms with van der Waals surface area (Å²) in [5.41, 5.74) is -0.855. The highest BCUT2D eigenvalue weighted by Crippen LogP contribution is 2.37. The van der Waals surface area contributed by atoms with Crippen LogP contribution in [0.25, 0.3) is 0 Å². The summed E-state index contributed by atoms with van der Waals surface area (Å²) in [6, 6.07) is 3.21. The molecular formula is C22H30F3NO5. The molecule has 0 radical (unpaired) electrons. The summed E-state index contributed by atoms with van der Waals surface area (Å²) < 4.78 is 54.1. The third-order valence-corrected chi connectivity index (χ3v) is 5.57.